The summed E-state index contributed by atoms with van der Waals surface area (Å²) in [7, 11) is 0. The van der Waals surface area contributed by atoms with Crippen molar-refractivity contribution < 1.29 is 24.7 Å². The van der Waals surface area contributed by atoms with Crippen LogP contribution in [0.2, 0.25) is 0 Å². The first-order valence-corrected chi connectivity index (χ1v) is 12.2. The second kappa shape index (κ2) is 7.19. The van der Waals surface area contributed by atoms with E-state index in [9.17, 15) is 0 Å². The van der Waals surface area contributed by atoms with E-state index in [0.29, 0.717) is 0 Å². The minimum atomic E-state index is 0.155. The van der Waals surface area contributed by atoms with E-state index in [0.717, 1.165) is 19.3 Å². The molecular weight excluding hydrogens is 428 g/mol. The van der Waals surface area contributed by atoms with Crippen molar-refractivity contribution in [1.29, 1.82) is 0 Å². The fourth-order valence-electron chi connectivity index (χ4n) is 5.09. The van der Waals surface area contributed by atoms with Gasteiger partial charge in [-0.15, -0.1) is 0 Å². The van der Waals surface area contributed by atoms with Gasteiger partial charge in [0.05, 0.1) is 0 Å². The number of fused-ring (bicyclic) bond motifs is 3. The molecule has 4 rings (SSSR count). The van der Waals surface area contributed by atoms with Crippen molar-refractivity contribution in [2.45, 2.75) is 78.6 Å². The average molecular weight is 461 g/mol. The zero-order chi connectivity index (χ0) is 21.1. The van der Waals surface area contributed by atoms with E-state index >= 15 is 0 Å². The molecule has 0 radical (unpaired) electrons. The first kappa shape index (κ1) is 21.1. The third kappa shape index (κ3) is 3.48. The Morgan fingerprint density at radius 1 is 0.966 bits per heavy atom. The molecule has 0 heterocycles. The van der Waals surface area contributed by atoms with Crippen molar-refractivity contribution in [1.82, 2.24) is 0 Å². The molecule has 0 aromatic heterocycles. The molecule has 0 saturated carbocycles. The molecule has 0 nitrogen and oxygen atoms in total. The fourth-order valence-corrected chi connectivity index (χ4v) is 6.85. The Hall–Kier alpha value is -1.20. The molecule has 0 fully saturated rings. The maximum atomic E-state index is 2.48. The SMILES string of the molecule is CCc1c(C2=CC=CC2)c(C(C)(C)C)[c]([Zr])c2c1-c1ccc(C(C)(C)C)cc1C2. The normalized spacial score (nSPS) is 15.4. The minimum absolute atomic E-state index is 0.155. The number of benzene rings is 2. The van der Waals surface area contributed by atoms with Gasteiger partial charge in [0.2, 0.25) is 0 Å². The molecule has 2 aliphatic carbocycles. The van der Waals surface area contributed by atoms with Gasteiger partial charge in [-0.25, -0.2) is 0 Å². The molecular formula is C28H33Zr. The van der Waals surface area contributed by atoms with Crippen molar-refractivity contribution in [2.24, 2.45) is 0 Å². The number of allylic oxidation sites excluding steroid dienone is 4. The molecule has 0 amide bonds. The summed E-state index contributed by atoms with van der Waals surface area (Å²) in [6.45, 7) is 16.5. The van der Waals surface area contributed by atoms with Crippen LogP contribution < -0.4 is 3.27 Å². The van der Waals surface area contributed by atoms with Gasteiger partial charge in [-0.05, 0) is 0 Å². The Morgan fingerprint density at radius 3 is 2.24 bits per heavy atom. The Morgan fingerprint density at radius 2 is 1.69 bits per heavy atom. The van der Waals surface area contributed by atoms with E-state index in [-0.39, 0.29) is 10.8 Å². The van der Waals surface area contributed by atoms with Gasteiger partial charge in [-0.3, -0.25) is 0 Å². The third-order valence-corrected chi connectivity index (χ3v) is 7.87. The summed E-state index contributed by atoms with van der Waals surface area (Å²) in [5.74, 6) is 0. The quantitative estimate of drug-likeness (QED) is 0.389. The van der Waals surface area contributed by atoms with Crippen molar-refractivity contribution in [3.63, 3.8) is 0 Å². The zero-order valence-electron chi connectivity index (χ0n) is 19.1. The van der Waals surface area contributed by atoms with E-state index in [1.54, 1.807) is 55.8 Å². The van der Waals surface area contributed by atoms with Crippen molar-refractivity contribution in [3.05, 3.63) is 69.8 Å². The molecule has 0 N–H and O–H groups in total. The van der Waals surface area contributed by atoms with Crippen LogP contribution in [0.15, 0.2) is 36.4 Å². The molecule has 149 valence electrons. The fraction of sp³-hybridized carbons (Fsp3) is 0.429. The van der Waals surface area contributed by atoms with Gasteiger partial charge >= 0.3 is 193 Å². The van der Waals surface area contributed by atoms with Crippen LogP contribution in [0.4, 0.5) is 0 Å². The molecule has 0 unspecified atom stereocenters. The van der Waals surface area contributed by atoms with Crippen LogP contribution in [0.5, 0.6) is 0 Å². The molecule has 1 heteroatoms. The van der Waals surface area contributed by atoms with E-state index < -0.39 is 0 Å². The van der Waals surface area contributed by atoms with Crippen LogP contribution in [-0.2, 0) is 48.4 Å². The summed E-state index contributed by atoms with van der Waals surface area (Å²) < 4.78 is 1.60. The van der Waals surface area contributed by atoms with Gasteiger partial charge in [0, 0.05) is 0 Å². The van der Waals surface area contributed by atoms with Crippen LogP contribution in [0.25, 0.3) is 16.7 Å². The van der Waals surface area contributed by atoms with Crippen LogP contribution in [-0.4, -0.2) is 0 Å². The molecule has 0 spiro atoms. The van der Waals surface area contributed by atoms with E-state index in [4.69, 9.17) is 0 Å². The predicted molar refractivity (Wildman–Crippen MR) is 123 cm³/mol. The monoisotopic (exact) mass is 459 g/mol. The molecule has 0 saturated heterocycles. The number of hydrogen-bond acceptors (Lipinski definition) is 0. The number of rotatable bonds is 2. The standard InChI is InChI=1S/C28H33.Zr/c1-8-22-25-20(15-19-16-21(27(2,3)4)13-14-23(19)25)17-24(28(5,6)7)26(22)18-11-9-10-12-18;/h9-11,13-14,16H,8,12,15H2,1-7H3;. The molecule has 29 heavy (non-hydrogen) atoms. The molecule has 0 aliphatic heterocycles. The summed E-state index contributed by atoms with van der Waals surface area (Å²) in [5.41, 5.74) is 14.2. The summed E-state index contributed by atoms with van der Waals surface area (Å²) in [6.07, 6.45) is 10.2. The van der Waals surface area contributed by atoms with Crippen LogP contribution in [0.3, 0.4) is 0 Å². The second-order valence-electron chi connectivity index (χ2n) is 10.7. The number of hydrogen-bond donors (Lipinski definition) is 0. The van der Waals surface area contributed by atoms with E-state index in [1.807, 2.05) is 0 Å². The van der Waals surface area contributed by atoms with Gasteiger partial charge in [0.25, 0.3) is 0 Å². The van der Waals surface area contributed by atoms with Gasteiger partial charge < -0.3 is 0 Å². The first-order chi connectivity index (χ1) is 13.5. The summed E-state index contributed by atoms with van der Waals surface area (Å²) in [5, 5.41) is 0. The molecule has 0 atom stereocenters. The molecule has 0 bridgehead atoms. The maximum absolute atomic E-state index is 2.48. The first-order valence-electron chi connectivity index (χ1n) is 11.0. The second-order valence-corrected chi connectivity index (χ2v) is 11.9. The van der Waals surface area contributed by atoms with E-state index in [2.05, 4.69) is 84.9 Å². The molecule has 2 aromatic carbocycles. The van der Waals surface area contributed by atoms with Gasteiger partial charge in [0.15, 0.2) is 0 Å². The Kier molecular flexibility index (Phi) is 5.22. The van der Waals surface area contributed by atoms with Crippen molar-refractivity contribution in [3.8, 4) is 11.1 Å². The van der Waals surface area contributed by atoms with Crippen molar-refractivity contribution in [2.75, 3.05) is 0 Å². The topological polar surface area (TPSA) is 0 Å². The summed E-state index contributed by atoms with van der Waals surface area (Å²) in [4.78, 5) is 0. The van der Waals surface area contributed by atoms with Crippen LogP contribution in [0, 0.1) is 0 Å². The Balaban J connectivity index is 2.04. The Bertz CT molecular complexity index is 1050. The molecule has 2 aliphatic rings. The third-order valence-electron chi connectivity index (χ3n) is 6.51. The molecule has 2 aromatic rings. The van der Waals surface area contributed by atoms with Gasteiger partial charge in [-0.2, -0.15) is 0 Å². The van der Waals surface area contributed by atoms with Gasteiger partial charge in [-0.1, -0.05) is 0 Å². The predicted octanol–water partition coefficient (Wildman–Crippen LogP) is 6.93. The van der Waals surface area contributed by atoms with Crippen LogP contribution in [0.1, 0.15) is 88.3 Å². The van der Waals surface area contributed by atoms with Crippen molar-refractivity contribution >= 4 is 8.84 Å². The summed E-state index contributed by atoms with van der Waals surface area (Å²) >= 11 is 1.55. The average Bonchev–Trinajstić information content (AvgIpc) is 3.27. The van der Waals surface area contributed by atoms with Crippen LogP contribution >= 0.6 is 0 Å². The zero-order valence-corrected chi connectivity index (χ0v) is 21.5. The van der Waals surface area contributed by atoms with Gasteiger partial charge in [0.1, 0.15) is 0 Å². The Labute approximate surface area is 192 Å². The van der Waals surface area contributed by atoms with E-state index in [1.165, 1.54) is 22.3 Å². The summed E-state index contributed by atoms with van der Waals surface area (Å²) in [6, 6.07) is 7.26.